The van der Waals surface area contributed by atoms with E-state index in [0.29, 0.717) is 6.04 Å². The molecule has 2 heterocycles. The first-order valence-electron chi connectivity index (χ1n) is 6.38. The van der Waals surface area contributed by atoms with Crippen LogP contribution >= 0.6 is 11.3 Å². The molecule has 1 N–H and O–H groups in total. The first kappa shape index (κ1) is 12.6. The molecule has 3 nitrogen and oxygen atoms in total. The van der Waals surface area contributed by atoms with Gasteiger partial charge in [0, 0.05) is 12.6 Å². The summed E-state index contributed by atoms with van der Waals surface area (Å²) >= 11 is 1.54. The quantitative estimate of drug-likeness (QED) is 0.892. The molecule has 1 aliphatic heterocycles. The summed E-state index contributed by atoms with van der Waals surface area (Å²) in [5.74, 6) is 0.216. The normalized spacial score (nSPS) is 17.0. The van der Waals surface area contributed by atoms with Crippen LogP contribution in [0, 0.1) is 0 Å². The second-order valence-electron chi connectivity index (χ2n) is 4.46. The Bertz CT molecular complexity index is 344. The third-order valence-electron chi connectivity index (χ3n) is 3.21. The molecule has 2 rings (SSSR count). The number of rotatable bonds is 4. The van der Waals surface area contributed by atoms with Gasteiger partial charge in [-0.15, -0.1) is 11.3 Å². The molecule has 1 aromatic heterocycles. The van der Waals surface area contributed by atoms with Gasteiger partial charge in [0.1, 0.15) is 0 Å². The van der Waals surface area contributed by atoms with Gasteiger partial charge < -0.3 is 10.2 Å². The molecular formula is C13H20N2OS. The molecule has 0 saturated carbocycles. The Morgan fingerprint density at radius 3 is 2.88 bits per heavy atom. The molecule has 1 aliphatic rings. The highest BCUT2D eigenvalue weighted by atomic mass is 32.1. The summed E-state index contributed by atoms with van der Waals surface area (Å²) in [6.07, 6.45) is 3.19. The number of hydrogen-bond acceptors (Lipinski definition) is 3. The maximum Gasteiger partial charge on any atom is 0.264 e. The van der Waals surface area contributed by atoms with Gasteiger partial charge in [-0.2, -0.15) is 0 Å². The first-order valence-corrected chi connectivity index (χ1v) is 7.26. The Morgan fingerprint density at radius 1 is 1.53 bits per heavy atom. The minimum Gasteiger partial charge on any atom is -0.335 e. The third kappa shape index (κ3) is 3.07. The zero-order chi connectivity index (χ0) is 12.1. The van der Waals surface area contributed by atoms with Crippen molar-refractivity contribution in [2.75, 3.05) is 19.6 Å². The van der Waals surface area contributed by atoms with Crippen molar-refractivity contribution in [3.05, 3.63) is 22.4 Å². The van der Waals surface area contributed by atoms with Crippen LogP contribution in [-0.4, -0.2) is 36.5 Å². The van der Waals surface area contributed by atoms with E-state index >= 15 is 0 Å². The number of amides is 1. The van der Waals surface area contributed by atoms with Crippen LogP contribution in [0.5, 0.6) is 0 Å². The van der Waals surface area contributed by atoms with Crippen LogP contribution in [0.3, 0.4) is 0 Å². The molecular weight excluding hydrogens is 232 g/mol. The summed E-state index contributed by atoms with van der Waals surface area (Å²) in [6, 6.07) is 4.30. The minimum atomic E-state index is 0.216. The second kappa shape index (κ2) is 6.17. The molecule has 1 aromatic rings. The van der Waals surface area contributed by atoms with Crippen molar-refractivity contribution in [2.45, 2.75) is 32.2 Å². The summed E-state index contributed by atoms with van der Waals surface area (Å²) in [5, 5.41) is 5.32. The lowest BCUT2D eigenvalue weighted by Gasteiger charge is -2.34. The van der Waals surface area contributed by atoms with E-state index in [-0.39, 0.29) is 5.91 Å². The molecule has 1 fully saturated rings. The predicted molar refractivity (Wildman–Crippen MR) is 71.5 cm³/mol. The van der Waals surface area contributed by atoms with Crippen LogP contribution in [0.15, 0.2) is 17.5 Å². The molecule has 0 spiro atoms. The topological polar surface area (TPSA) is 32.3 Å². The summed E-state index contributed by atoms with van der Waals surface area (Å²) in [7, 11) is 0. The Labute approximate surface area is 107 Å². The Balaban J connectivity index is 2.07. The van der Waals surface area contributed by atoms with Crippen molar-refractivity contribution >= 4 is 17.2 Å². The lowest BCUT2D eigenvalue weighted by atomic mass is 10.0. The van der Waals surface area contributed by atoms with Crippen molar-refractivity contribution in [3.63, 3.8) is 0 Å². The SMILES string of the molecule is CCCN(C(=O)c1cccs1)C1CCNCC1. The Morgan fingerprint density at radius 2 is 2.29 bits per heavy atom. The van der Waals surface area contributed by atoms with E-state index in [1.54, 1.807) is 11.3 Å². The van der Waals surface area contributed by atoms with E-state index in [2.05, 4.69) is 17.1 Å². The molecule has 0 bridgehead atoms. The fourth-order valence-electron chi connectivity index (χ4n) is 2.35. The minimum absolute atomic E-state index is 0.216. The second-order valence-corrected chi connectivity index (χ2v) is 5.40. The molecule has 0 unspecified atom stereocenters. The Kier molecular flexibility index (Phi) is 4.57. The van der Waals surface area contributed by atoms with E-state index in [0.717, 1.165) is 43.8 Å². The number of carbonyl (C=O) groups excluding carboxylic acids is 1. The molecule has 17 heavy (non-hydrogen) atoms. The largest absolute Gasteiger partial charge is 0.335 e. The smallest absolute Gasteiger partial charge is 0.264 e. The standard InChI is InChI=1S/C13H20N2OS/c1-2-9-15(11-5-7-14-8-6-11)13(16)12-4-3-10-17-12/h3-4,10-11,14H,2,5-9H2,1H3. The van der Waals surface area contributed by atoms with E-state index in [1.165, 1.54) is 0 Å². The lowest BCUT2D eigenvalue weighted by molar-refractivity contribution is 0.0647. The number of nitrogens with one attached hydrogen (secondary N) is 1. The molecule has 0 aliphatic carbocycles. The monoisotopic (exact) mass is 252 g/mol. The number of piperidine rings is 1. The summed E-state index contributed by atoms with van der Waals surface area (Å²) in [4.78, 5) is 15.4. The van der Waals surface area contributed by atoms with E-state index in [4.69, 9.17) is 0 Å². The average Bonchev–Trinajstić information content (AvgIpc) is 2.90. The van der Waals surface area contributed by atoms with Crippen LogP contribution in [0.2, 0.25) is 0 Å². The lowest BCUT2D eigenvalue weighted by Crippen LogP contribution is -2.46. The Hall–Kier alpha value is -0.870. The van der Waals surface area contributed by atoms with Gasteiger partial charge in [0.05, 0.1) is 4.88 Å². The van der Waals surface area contributed by atoms with Crippen molar-refractivity contribution in [1.29, 1.82) is 0 Å². The summed E-state index contributed by atoms with van der Waals surface area (Å²) in [5.41, 5.74) is 0. The fraction of sp³-hybridized carbons (Fsp3) is 0.615. The van der Waals surface area contributed by atoms with Gasteiger partial charge in [0.25, 0.3) is 5.91 Å². The highest BCUT2D eigenvalue weighted by molar-refractivity contribution is 7.12. The van der Waals surface area contributed by atoms with Crippen molar-refractivity contribution < 1.29 is 4.79 Å². The van der Waals surface area contributed by atoms with Crippen LogP contribution < -0.4 is 5.32 Å². The molecule has 1 amide bonds. The molecule has 0 aromatic carbocycles. The number of thiophene rings is 1. The summed E-state index contributed by atoms with van der Waals surface area (Å²) < 4.78 is 0. The van der Waals surface area contributed by atoms with Crippen LogP contribution in [-0.2, 0) is 0 Å². The van der Waals surface area contributed by atoms with Crippen LogP contribution in [0.25, 0.3) is 0 Å². The zero-order valence-electron chi connectivity index (χ0n) is 10.3. The highest BCUT2D eigenvalue weighted by Crippen LogP contribution is 2.18. The van der Waals surface area contributed by atoms with E-state index in [9.17, 15) is 4.79 Å². The summed E-state index contributed by atoms with van der Waals surface area (Å²) in [6.45, 7) is 5.07. The van der Waals surface area contributed by atoms with Gasteiger partial charge in [-0.1, -0.05) is 13.0 Å². The predicted octanol–water partition coefficient (Wildman–Crippen LogP) is 2.35. The zero-order valence-corrected chi connectivity index (χ0v) is 11.1. The van der Waals surface area contributed by atoms with E-state index < -0.39 is 0 Å². The third-order valence-corrected chi connectivity index (χ3v) is 4.06. The van der Waals surface area contributed by atoms with Crippen LogP contribution in [0.1, 0.15) is 35.9 Å². The molecule has 4 heteroatoms. The van der Waals surface area contributed by atoms with Gasteiger partial charge in [0.15, 0.2) is 0 Å². The maximum absolute atomic E-state index is 12.4. The van der Waals surface area contributed by atoms with Gasteiger partial charge in [0.2, 0.25) is 0 Å². The van der Waals surface area contributed by atoms with Gasteiger partial charge in [-0.25, -0.2) is 0 Å². The number of nitrogens with zero attached hydrogens (tertiary/aromatic N) is 1. The molecule has 0 radical (unpaired) electrons. The van der Waals surface area contributed by atoms with E-state index in [1.807, 2.05) is 17.5 Å². The molecule has 0 atom stereocenters. The highest BCUT2D eigenvalue weighted by Gasteiger charge is 2.25. The molecule has 94 valence electrons. The fourth-order valence-corrected chi connectivity index (χ4v) is 3.03. The average molecular weight is 252 g/mol. The maximum atomic E-state index is 12.4. The van der Waals surface area contributed by atoms with Crippen molar-refractivity contribution in [1.82, 2.24) is 10.2 Å². The number of carbonyl (C=O) groups is 1. The van der Waals surface area contributed by atoms with Gasteiger partial charge in [-0.3, -0.25) is 4.79 Å². The van der Waals surface area contributed by atoms with Crippen LogP contribution in [0.4, 0.5) is 0 Å². The van der Waals surface area contributed by atoms with Crippen molar-refractivity contribution in [3.8, 4) is 0 Å². The van der Waals surface area contributed by atoms with Crippen molar-refractivity contribution in [2.24, 2.45) is 0 Å². The van der Waals surface area contributed by atoms with Gasteiger partial charge >= 0.3 is 0 Å². The first-order chi connectivity index (χ1) is 8.33. The molecule has 1 saturated heterocycles. The van der Waals surface area contributed by atoms with Gasteiger partial charge in [-0.05, 0) is 43.8 Å². The number of hydrogen-bond donors (Lipinski definition) is 1.